The van der Waals surface area contributed by atoms with Gasteiger partial charge in [-0.1, -0.05) is 31.9 Å². The van der Waals surface area contributed by atoms with Crippen molar-refractivity contribution in [3.05, 3.63) is 35.9 Å². The highest BCUT2D eigenvalue weighted by Crippen LogP contribution is 2.27. The topological polar surface area (TPSA) is 35.5 Å². The Kier molecular flexibility index (Phi) is 8.25. The molecule has 0 radical (unpaired) electrons. The molecule has 0 spiro atoms. The normalized spacial score (nSPS) is 10.8. The summed E-state index contributed by atoms with van der Waals surface area (Å²) in [6, 6.07) is 5.77. The molecule has 0 aromatic heterocycles. The zero-order valence-corrected chi connectivity index (χ0v) is 13.4. The lowest BCUT2D eigenvalue weighted by atomic mass is 10.1. The van der Waals surface area contributed by atoms with Crippen molar-refractivity contribution in [2.45, 2.75) is 45.4 Å². The smallest absolute Gasteiger partial charge is 0.160 e. The van der Waals surface area contributed by atoms with Gasteiger partial charge >= 0.3 is 0 Å². The Morgan fingerprint density at radius 2 is 1.90 bits per heavy atom. The Balaban J connectivity index is 2.42. The standard InChI is InChI=1S/C18H26O3/c1-4-5-6-7-8-9-16(19)12-10-15-11-13-17(20-2)18(14-15)21-3/h8-9,11,13-14H,4-7,10,12H2,1-3H3. The molecule has 3 nitrogen and oxygen atoms in total. The molecule has 0 aliphatic carbocycles. The quantitative estimate of drug-likeness (QED) is 0.475. The average Bonchev–Trinajstić information content (AvgIpc) is 2.52. The van der Waals surface area contributed by atoms with Crippen LogP contribution in [-0.4, -0.2) is 20.0 Å². The Hall–Kier alpha value is -1.77. The van der Waals surface area contributed by atoms with E-state index in [1.54, 1.807) is 20.3 Å². The number of ether oxygens (including phenoxy) is 2. The summed E-state index contributed by atoms with van der Waals surface area (Å²) in [4.78, 5) is 11.8. The van der Waals surface area contributed by atoms with Gasteiger partial charge in [-0.3, -0.25) is 4.79 Å². The number of unbranched alkanes of at least 4 members (excludes halogenated alkanes) is 3. The fourth-order valence-electron chi connectivity index (χ4n) is 2.11. The van der Waals surface area contributed by atoms with Crippen molar-refractivity contribution < 1.29 is 14.3 Å². The fourth-order valence-corrected chi connectivity index (χ4v) is 2.11. The molecule has 21 heavy (non-hydrogen) atoms. The van der Waals surface area contributed by atoms with Crippen LogP contribution in [-0.2, 0) is 11.2 Å². The van der Waals surface area contributed by atoms with E-state index in [1.807, 2.05) is 24.3 Å². The second kappa shape index (κ2) is 10.0. The first-order valence-corrected chi connectivity index (χ1v) is 7.61. The highest BCUT2D eigenvalue weighted by Gasteiger charge is 2.05. The monoisotopic (exact) mass is 290 g/mol. The van der Waals surface area contributed by atoms with Crippen molar-refractivity contribution in [2.24, 2.45) is 0 Å². The van der Waals surface area contributed by atoms with Crippen LogP contribution in [0.25, 0.3) is 0 Å². The number of aryl methyl sites for hydroxylation is 1. The van der Waals surface area contributed by atoms with Crippen molar-refractivity contribution in [2.75, 3.05) is 14.2 Å². The molecule has 116 valence electrons. The minimum atomic E-state index is 0.182. The molecule has 1 aromatic rings. The third-order valence-corrected chi connectivity index (χ3v) is 3.39. The minimum absolute atomic E-state index is 0.182. The van der Waals surface area contributed by atoms with Crippen LogP contribution in [0.15, 0.2) is 30.4 Å². The maximum atomic E-state index is 11.8. The molecule has 0 saturated carbocycles. The Bertz CT molecular complexity index is 464. The van der Waals surface area contributed by atoms with Crippen LogP contribution in [0.5, 0.6) is 11.5 Å². The van der Waals surface area contributed by atoms with Crippen molar-refractivity contribution in [1.82, 2.24) is 0 Å². The van der Waals surface area contributed by atoms with E-state index < -0.39 is 0 Å². The van der Waals surface area contributed by atoms with Crippen molar-refractivity contribution in [3.8, 4) is 11.5 Å². The van der Waals surface area contributed by atoms with E-state index in [-0.39, 0.29) is 5.78 Å². The van der Waals surface area contributed by atoms with Crippen molar-refractivity contribution in [1.29, 1.82) is 0 Å². The molecule has 1 aromatic carbocycles. The molecule has 3 heteroatoms. The lowest BCUT2D eigenvalue weighted by Crippen LogP contribution is -1.97. The van der Waals surface area contributed by atoms with Gasteiger partial charge in [-0.25, -0.2) is 0 Å². The Labute approximate surface area is 128 Å². The lowest BCUT2D eigenvalue weighted by Gasteiger charge is -2.09. The molecule has 0 N–H and O–H groups in total. The van der Waals surface area contributed by atoms with Gasteiger partial charge in [-0.15, -0.1) is 0 Å². The number of carbonyl (C=O) groups is 1. The van der Waals surface area contributed by atoms with Gasteiger partial charge in [0.2, 0.25) is 0 Å². The van der Waals surface area contributed by atoms with E-state index in [2.05, 4.69) is 6.92 Å². The predicted octanol–water partition coefficient (Wildman–Crippen LogP) is 4.34. The van der Waals surface area contributed by atoms with Crippen LogP contribution in [0.1, 0.15) is 44.6 Å². The summed E-state index contributed by atoms with van der Waals surface area (Å²) in [5, 5.41) is 0. The summed E-state index contributed by atoms with van der Waals surface area (Å²) in [6.07, 6.45) is 9.55. The van der Waals surface area contributed by atoms with Gasteiger partial charge in [-0.05, 0) is 43.0 Å². The van der Waals surface area contributed by atoms with Crippen LogP contribution >= 0.6 is 0 Å². The number of hydrogen-bond acceptors (Lipinski definition) is 3. The molecule has 0 aliphatic rings. The molecular formula is C18H26O3. The molecule has 0 atom stereocenters. The second-order valence-corrected chi connectivity index (χ2v) is 5.05. The van der Waals surface area contributed by atoms with E-state index >= 15 is 0 Å². The molecule has 0 heterocycles. The number of hydrogen-bond donors (Lipinski definition) is 0. The third kappa shape index (κ3) is 6.48. The summed E-state index contributed by atoms with van der Waals surface area (Å²) in [5.41, 5.74) is 1.08. The van der Waals surface area contributed by atoms with Crippen LogP contribution in [0, 0.1) is 0 Å². The van der Waals surface area contributed by atoms with E-state index in [0.717, 1.165) is 24.8 Å². The molecule has 0 aliphatic heterocycles. The van der Waals surface area contributed by atoms with Crippen LogP contribution in [0.4, 0.5) is 0 Å². The summed E-state index contributed by atoms with van der Waals surface area (Å²) in [7, 11) is 3.23. The maximum Gasteiger partial charge on any atom is 0.160 e. The van der Waals surface area contributed by atoms with Crippen LogP contribution < -0.4 is 9.47 Å². The first-order valence-electron chi connectivity index (χ1n) is 7.61. The Morgan fingerprint density at radius 1 is 1.14 bits per heavy atom. The highest BCUT2D eigenvalue weighted by molar-refractivity contribution is 5.89. The van der Waals surface area contributed by atoms with Gasteiger partial charge in [-0.2, -0.15) is 0 Å². The molecule has 0 saturated heterocycles. The van der Waals surface area contributed by atoms with Gasteiger partial charge in [0.05, 0.1) is 14.2 Å². The second-order valence-electron chi connectivity index (χ2n) is 5.05. The van der Waals surface area contributed by atoms with Crippen molar-refractivity contribution in [3.63, 3.8) is 0 Å². The summed E-state index contributed by atoms with van der Waals surface area (Å²) in [5.74, 6) is 1.60. The van der Waals surface area contributed by atoms with E-state index in [9.17, 15) is 4.79 Å². The molecule has 0 amide bonds. The fraction of sp³-hybridized carbons (Fsp3) is 0.500. The first-order chi connectivity index (χ1) is 10.2. The molecule has 0 unspecified atom stereocenters. The maximum absolute atomic E-state index is 11.8. The zero-order valence-electron chi connectivity index (χ0n) is 13.4. The van der Waals surface area contributed by atoms with Crippen LogP contribution in [0.2, 0.25) is 0 Å². The third-order valence-electron chi connectivity index (χ3n) is 3.39. The number of allylic oxidation sites excluding steroid dienone is 2. The molecule has 0 bridgehead atoms. The minimum Gasteiger partial charge on any atom is -0.493 e. The average molecular weight is 290 g/mol. The van der Waals surface area contributed by atoms with E-state index in [4.69, 9.17) is 9.47 Å². The van der Waals surface area contributed by atoms with Gasteiger partial charge in [0.1, 0.15) is 0 Å². The van der Waals surface area contributed by atoms with E-state index in [1.165, 1.54) is 12.8 Å². The Morgan fingerprint density at radius 3 is 2.57 bits per heavy atom. The van der Waals surface area contributed by atoms with Crippen LogP contribution in [0.3, 0.4) is 0 Å². The lowest BCUT2D eigenvalue weighted by molar-refractivity contribution is -0.114. The zero-order chi connectivity index (χ0) is 15.5. The summed E-state index contributed by atoms with van der Waals surface area (Å²) >= 11 is 0. The van der Waals surface area contributed by atoms with Gasteiger partial charge in [0, 0.05) is 6.42 Å². The number of rotatable bonds is 10. The van der Waals surface area contributed by atoms with Gasteiger partial charge in [0.15, 0.2) is 17.3 Å². The number of carbonyl (C=O) groups excluding carboxylic acids is 1. The van der Waals surface area contributed by atoms with Crippen molar-refractivity contribution >= 4 is 5.78 Å². The largest absolute Gasteiger partial charge is 0.493 e. The van der Waals surface area contributed by atoms with Gasteiger partial charge < -0.3 is 9.47 Å². The van der Waals surface area contributed by atoms with E-state index in [0.29, 0.717) is 17.9 Å². The highest BCUT2D eigenvalue weighted by atomic mass is 16.5. The molecular weight excluding hydrogens is 264 g/mol. The number of methoxy groups -OCH3 is 2. The number of benzene rings is 1. The SMILES string of the molecule is CCCCCC=CC(=O)CCc1ccc(OC)c(OC)c1. The van der Waals surface area contributed by atoms with Gasteiger partial charge in [0.25, 0.3) is 0 Å². The summed E-state index contributed by atoms with van der Waals surface area (Å²) in [6.45, 7) is 2.18. The molecule has 1 rings (SSSR count). The summed E-state index contributed by atoms with van der Waals surface area (Å²) < 4.78 is 10.5. The first kappa shape index (κ1) is 17.3. The molecule has 0 fully saturated rings. The predicted molar refractivity (Wildman–Crippen MR) is 86.2 cm³/mol. The number of ketones is 1.